The van der Waals surface area contributed by atoms with Gasteiger partial charge in [0, 0.05) is 17.6 Å². The molecule has 2 rings (SSSR count). The molecule has 0 aliphatic heterocycles. The summed E-state index contributed by atoms with van der Waals surface area (Å²) in [6.07, 6.45) is 0. The van der Waals surface area contributed by atoms with E-state index in [9.17, 15) is 17.6 Å². The summed E-state index contributed by atoms with van der Waals surface area (Å²) in [5.41, 5.74) is 0.524. The minimum atomic E-state index is -4.13. The molecule has 27 heavy (non-hydrogen) atoms. The number of amides is 1. The topological polar surface area (TPSA) is 66.5 Å². The average Bonchev–Trinajstić information content (AvgIpc) is 2.57. The maximum Gasteiger partial charge on any atom is 0.245 e. The third-order valence-electron chi connectivity index (χ3n) is 3.55. The van der Waals surface area contributed by atoms with E-state index in [1.165, 1.54) is 42.5 Å². The highest BCUT2D eigenvalue weighted by atomic mass is 35.5. The van der Waals surface area contributed by atoms with Crippen molar-refractivity contribution >= 4 is 39.1 Å². The van der Waals surface area contributed by atoms with Crippen LogP contribution in [0.25, 0.3) is 0 Å². The highest BCUT2D eigenvalue weighted by Gasteiger charge is 2.29. The number of hydrogen-bond acceptors (Lipinski definition) is 3. The van der Waals surface area contributed by atoms with Crippen molar-refractivity contribution in [2.75, 3.05) is 6.54 Å². The summed E-state index contributed by atoms with van der Waals surface area (Å²) in [4.78, 5) is 12.0. The predicted molar refractivity (Wildman–Crippen MR) is 104 cm³/mol. The molecule has 1 N–H and O–H groups in total. The fraction of sp³-hybridized carbons (Fsp3) is 0.278. The van der Waals surface area contributed by atoms with Gasteiger partial charge in [-0.2, -0.15) is 4.31 Å². The number of rotatable bonds is 7. The first-order valence-corrected chi connectivity index (χ1v) is 10.3. The van der Waals surface area contributed by atoms with Crippen molar-refractivity contribution in [1.82, 2.24) is 9.62 Å². The zero-order chi connectivity index (χ0) is 20.2. The Morgan fingerprint density at radius 1 is 1.15 bits per heavy atom. The first-order chi connectivity index (χ1) is 12.6. The number of benzene rings is 2. The third-order valence-corrected chi connectivity index (χ3v) is 6.06. The molecular formula is C18H19Cl2FN2O3S. The molecule has 0 aromatic heterocycles. The number of sulfonamides is 1. The minimum Gasteiger partial charge on any atom is -0.353 e. The molecule has 0 saturated carbocycles. The molecule has 146 valence electrons. The summed E-state index contributed by atoms with van der Waals surface area (Å²) in [7, 11) is -4.13. The van der Waals surface area contributed by atoms with E-state index in [1.54, 1.807) is 13.8 Å². The molecule has 9 heteroatoms. The Morgan fingerprint density at radius 3 is 2.37 bits per heavy atom. The predicted octanol–water partition coefficient (Wildman–Crippen LogP) is 3.85. The smallest absolute Gasteiger partial charge is 0.245 e. The second kappa shape index (κ2) is 9.01. The maximum absolute atomic E-state index is 13.1. The summed E-state index contributed by atoms with van der Waals surface area (Å²) >= 11 is 12.0. The van der Waals surface area contributed by atoms with E-state index in [2.05, 4.69) is 5.32 Å². The van der Waals surface area contributed by atoms with Crippen LogP contribution in [-0.2, 0) is 21.4 Å². The van der Waals surface area contributed by atoms with E-state index in [0.717, 1.165) is 4.31 Å². The molecule has 0 unspecified atom stereocenters. The van der Waals surface area contributed by atoms with Gasteiger partial charge in [-0.15, -0.1) is 0 Å². The molecule has 5 nitrogen and oxygen atoms in total. The zero-order valence-corrected chi connectivity index (χ0v) is 17.1. The van der Waals surface area contributed by atoms with Crippen molar-refractivity contribution in [3.63, 3.8) is 0 Å². The fourth-order valence-corrected chi connectivity index (χ4v) is 4.48. The van der Waals surface area contributed by atoms with Crippen LogP contribution in [0.2, 0.25) is 10.0 Å². The largest absolute Gasteiger partial charge is 0.353 e. The van der Waals surface area contributed by atoms with E-state index < -0.39 is 28.3 Å². The molecular weight excluding hydrogens is 414 g/mol. The van der Waals surface area contributed by atoms with Crippen molar-refractivity contribution in [3.05, 3.63) is 63.9 Å². The molecule has 0 aliphatic carbocycles. The van der Waals surface area contributed by atoms with Gasteiger partial charge in [-0.1, -0.05) is 35.3 Å². The summed E-state index contributed by atoms with van der Waals surface area (Å²) in [6, 6.07) is 9.29. The van der Waals surface area contributed by atoms with Gasteiger partial charge in [-0.25, -0.2) is 12.8 Å². The number of nitrogens with zero attached hydrogens (tertiary/aromatic N) is 1. The lowest BCUT2D eigenvalue weighted by Crippen LogP contribution is -2.42. The van der Waals surface area contributed by atoms with Crippen LogP contribution in [0, 0.1) is 5.82 Å². The summed E-state index contributed by atoms with van der Waals surface area (Å²) in [6.45, 7) is 2.99. The molecule has 1 amide bonds. The maximum atomic E-state index is 13.1. The lowest BCUT2D eigenvalue weighted by Gasteiger charge is -2.23. The van der Waals surface area contributed by atoms with Crippen molar-refractivity contribution in [2.45, 2.75) is 31.3 Å². The first-order valence-electron chi connectivity index (χ1n) is 8.08. The Balaban J connectivity index is 2.41. The van der Waals surface area contributed by atoms with Crippen molar-refractivity contribution < 1.29 is 17.6 Å². The van der Waals surface area contributed by atoms with Crippen LogP contribution in [-0.4, -0.2) is 31.2 Å². The van der Waals surface area contributed by atoms with E-state index in [0.29, 0.717) is 5.56 Å². The van der Waals surface area contributed by atoms with Crippen LogP contribution >= 0.6 is 23.2 Å². The zero-order valence-electron chi connectivity index (χ0n) is 14.7. The molecule has 0 saturated heterocycles. The lowest BCUT2D eigenvalue weighted by molar-refractivity contribution is -0.121. The second-order valence-electron chi connectivity index (χ2n) is 6.20. The average molecular weight is 433 g/mol. The lowest BCUT2D eigenvalue weighted by atomic mass is 10.2. The molecule has 0 atom stereocenters. The van der Waals surface area contributed by atoms with Crippen LogP contribution < -0.4 is 5.32 Å². The third kappa shape index (κ3) is 5.90. The Labute approximate surface area is 168 Å². The van der Waals surface area contributed by atoms with Gasteiger partial charge in [0.2, 0.25) is 15.9 Å². The molecule has 0 radical (unpaired) electrons. The SMILES string of the molecule is CC(C)NC(=O)CN(Cc1ccc(F)cc1)S(=O)(=O)c1cc(Cl)ccc1Cl. The van der Waals surface area contributed by atoms with E-state index >= 15 is 0 Å². The molecule has 2 aromatic rings. The van der Waals surface area contributed by atoms with Gasteiger partial charge in [0.25, 0.3) is 0 Å². The molecule has 0 bridgehead atoms. The Kier molecular flexibility index (Phi) is 7.22. The van der Waals surface area contributed by atoms with Gasteiger partial charge in [0.15, 0.2) is 0 Å². The summed E-state index contributed by atoms with van der Waals surface area (Å²) in [5.74, 6) is -0.905. The Bertz CT molecular complexity index is 919. The highest BCUT2D eigenvalue weighted by Crippen LogP contribution is 2.28. The van der Waals surface area contributed by atoms with E-state index in [1.807, 2.05) is 0 Å². The number of hydrogen-bond donors (Lipinski definition) is 1. The van der Waals surface area contributed by atoms with Gasteiger partial charge in [-0.05, 0) is 49.7 Å². The summed E-state index contributed by atoms with van der Waals surface area (Å²) < 4.78 is 40.4. The monoisotopic (exact) mass is 432 g/mol. The molecule has 0 aliphatic rings. The van der Waals surface area contributed by atoms with Crippen molar-refractivity contribution in [1.29, 1.82) is 0 Å². The molecule has 2 aromatic carbocycles. The number of nitrogens with one attached hydrogen (secondary N) is 1. The first kappa shape index (κ1) is 21.6. The standard InChI is InChI=1S/C18H19Cl2FN2O3S/c1-12(2)22-18(24)11-23(10-13-3-6-15(21)7-4-13)27(25,26)17-9-14(19)5-8-16(17)20/h3-9,12H,10-11H2,1-2H3,(H,22,24). The number of carbonyl (C=O) groups excluding carboxylic acids is 1. The quantitative estimate of drug-likeness (QED) is 0.722. The molecule has 0 fully saturated rings. The van der Waals surface area contributed by atoms with Crippen molar-refractivity contribution in [3.8, 4) is 0 Å². The Hall–Kier alpha value is -1.67. The molecule has 0 heterocycles. The van der Waals surface area contributed by atoms with Gasteiger partial charge in [-0.3, -0.25) is 4.79 Å². The van der Waals surface area contributed by atoms with Crippen molar-refractivity contribution in [2.24, 2.45) is 0 Å². The van der Waals surface area contributed by atoms with Crippen LogP contribution in [0.4, 0.5) is 4.39 Å². The van der Waals surface area contributed by atoms with Gasteiger partial charge < -0.3 is 5.32 Å². The van der Waals surface area contributed by atoms with Crippen LogP contribution in [0.3, 0.4) is 0 Å². The van der Waals surface area contributed by atoms with Gasteiger partial charge in [0.05, 0.1) is 11.6 Å². The molecule has 0 spiro atoms. The minimum absolute atomic E-state index is 0.00669. The fourth-order valence-electron chi connectivity index (χ4n) is 2.36. The Morgan fingerprint density at radius 2 is 1.78 bits per heavy atom. The van der Waals surface area contributed by atoms with Crippen LogP contribution in [0.15, 0.2) is 47.4 Å². The second-order valence-corrected chi connectivity index (χ2v) is 8.95. The number of halogens is 3. The number of carbonyl (C=O) groups is 1. The van der Waals surface area contributed by atoms with Crippen LogP contribution in [0.1, 0.15) is 19.4 Å². The highest BCUT2D eigenvalue weighted by molar-refractivity contribution is 7.89. The normalized spacial score (nSPS) is 11.8. The van der Waals surface area contributed by atoms with Gasteiger partial charge in [0.1, 0.15) is 10.7 Å². The van der Waals surface area contributed by atoms with E-state index in [-0.39, 0.29) is 27.5 Å². The van der Waals surface area contributed by atoms with Crippen LogP contribution in [0.5, 0.6) is 0 Å². The van der Waals surface area contributed by atoms with E-state index in [4.69, 9.17) is 23.2 Å². The van der Waals surface area contributed by atoms with Gasteiger partial charge >= 0.3 is 0 Å². The summed E-state index contributed by atoms with van der Waals surface area (Å²) in [5, 5.41) is 2.85.